The van der Waals surface area contributed by atoms with E-state index in [-0.39, 0.29) is 12.1 Å². The molecular weight excluding hydrogens is 150 g/mol. The van der Waals surface area contributed by atoms with Gasteiger partial charge >= 0.3 is 0 Å². The molecule has 0 atom stereocenters. The normalized spacial score (nSPS) is 19.6. The molecule has 2 rings (SSSR count). The zero-order valence-corrected chi connectivity index (χ0v) is 7.67. The summed E-state index contributed by atoms with van der Waals surface area (Å²) in [4.78, 5) is 0. The lowest BCUT2D eigenvalue weighted by molar-refractivity contribution is 0.210. The van der Waals surface area contributed by atoms with Crippen molar-refractivity contribution in [2.45, 2.75) is 32.2 Å². The van der Waals surface area contributed by atoms with E-state index in [1.807, 2.05) is 0 Å². The smallest absolute Gasteiger partial charge is 0.0676 e. The van der Waals surface area contributed by atoms with Crippen LogP contribution in [0.4, 0.5) is 0 Å². The second kappa shape index (κ2) is 2.36. The zero-order valence-electron chi connectivity index (χ0n) is 7.67. The Morgan fingerprint density at radius 2 is 1.83 bits per heavy atom. The van der Waals surface area contributed by atoms with E-state index in [0.717, 1.165) is 12.8 Å². The number of aromatic nitrogens is 1. The highest BCUT2D eigenvalue weighted by Gasteiger charge is 2.44. The molecule has 1 aromatic heterocycles. The van der Waals surface area contributed by atoms with Gasteiger partial charge in [-0.1, -0.05) is 0 Å². The van der Waals surface area contributed by atoms with E-state index in [2.05, 4.69) is 30.5 Å². The van der Waals surface area contributed by atoms with Gasteiger partial charge in [0.1, 0.15) is 0 Å². The molecule has 1 aromatic rings. The fourth-order valence-corrected chi connectivity index (χ4v) is 2.01. The highest BCUT2D eigenvalue weighted by atomic mass is 16.3. The SMILES string of the molecule is Cc1ccc(C)n1C1(CO)CC1. The summed E-state index contributed by atoms with van der Waals surface area (Å²) in [7, 11) is 0. The number of nitrogens with zero attached hydrogens (tertiary/aromatic N) is 1. The summed E-state index contributed by atoms with van der Waals surface area (Å²) < 4.78 is 2.27. The van der Waals surface area contributed by atoms with Crippen LogP contribution in [0.25, 0.3) is 0 Å². The first kappa shape index (κ1) is 7.87. The van der Waals surface area contributed by atoms with Crippen LogP contribution in [0.3, 0.4) is 0 Å². The van der Waals surface area contributed by atoms with Gasteiger partial charge in [-0.3, -0.25) is 0 Å². The van der Waals surface area contributed by atoms with E-state index in [4.69, 9.17) is 0 Å². The molecule has 0 unspecified atom stereocenters. The van der Waals surface area contributed by atoms with Crippen molar-refractivity contribution in [3.8, 4) is 0 Å². The van der Waals surface area contributed by atoms with Crippen molar-refractivity contribution < 1.29 is 5.11 Å². The monoisotopic (exact) mass is 165 g/mol. The molecule has 2 heteroatoms. The average Bonchev–Trinajstić information content (AvgIpc) is 2.77. The molecule has 1 N–H and O–H groups in total. The molecule has 0 radical (unpaired) electrons. The third-order valence-corrected chi connectivity index (χ3v) is 2.87. The molecule has 12 heavy (non-hydrogen) atoms. The maximum absolute atomic E-state index is 9.26. The molecule has 0 aliphatic heterocycles. The second-order valence-electron chi connectivity index (χ2n) is 3.83. The maximum Gasteiger partial charge on any atom is 0.0676 e. The Labute approximate surface area is 72.8 Å². The molecule has 66 valence electrons. The Bertz CT molecular complexity index is 277. The lowest BCUT2D eigenvalue weighted by atomic mass is 10.2. The summed E-state index contributed by atoms with van der Waals surface area (Å²) in [6, 6.07) is 4.23. The van der Waals surface area contributed by atoms with Crippen molar-refractivity contribution >= 4 is 0 Å². The highest BCUT2D eigenvalue weighted by Crippen LogP contribution is 2.44. The third-order valence-electron chi connectivity index (χ3n) is 2.87. The summed E-state index contributed by atoms with van der Waals surface area (Å²) >= 11 is 0. The highest BCUT2D eigenvalue weighted by molar-refractivity contribution is 5.20. The number of aliphatic hydroxyl groups is 1. The molecular formula is C10H15NO. The standard InChI is InChI=1S/C10H15NO/c1-8-3-4-9(2)11(8)10(7-12)5-6-10/h3-4,12H,5-7H2,1-2H3. The number of aryl methyl sites for hydroxylation is 2. The fourth-order valence-electron chi connectivity index (χ4n) is 2.01. The lowest BCUT2D eigenvalue weighted by Crippen LogP contribution is -2.23. The Balaban J connectivity index is 2.45. The molecule has 1 aliphatic rings. The van der Waals surface area contributed by atoms with Crippen LogP contribution < -0.4 is 0 Å². The zero-order chi connectivity index (χ0) is 8.77. The fraction of sp³-hybridized carbons (Fsp3) is 0.600. The number of hydrogen-bond acceptors (Lipinski definition) is 1. The van der Waals surface area contributed by atoms with Gasteiger partial charge < -0.3 is 9.67 Å². The van der Waals surface area contributed by atoms with Gasteiger partial charge in [0.05, 0.1) is 12.1 Å². The minimum atomic E-state index is 0.0671. The minimum Gasteiger partial charge on any atom is -0.394 e. The number of hydrogen-bond donors (Lipinski definition) is 1. The van der Waals surface area contributed by atoms with Gasteiger partial charge in [-0.2, -0.15) is 0 Å². The van der Waals surface area contributed by atoms with Crippen molar-refractivity contribution in [1.29, 1.82) is 0 Å². The Morgan fingerprint density at radius 1 is 1.33 bits per heavy atom. The third kappa shape index (κ3) is 0.911. The van der Waals surface area contributed by atoms with E-state index < -0.39 is 0 Å². The topological polar surface area (TPSA) is 25.2 Å². The van der Waals surface area contributed by atoms with Gasteiger partial charge in [0, 0.05) is 11.4 Å². The van der Waals surface area contributed by atoms with Gasteiger partial charge in [0.15, 0.2) is 0 Å². The van der Waals surface area contributed by atoms with E-state index >= 15 is 0 Å². The first-order chi connectivity index (χ1) is 5.69. The van der Waals surface area contributed by atoms with Gasteiger partial charge in [0.2, 0.25) is 0 Å². The van der Waals surface area contributed by atoms with Crippen LogP contribution in [-0.2, 0) is 5.54 Å². The van der Waals surface area contributed by atoms with Gasteiger partial charge in [-0.25, -0.2) is 0 Å². The van der Waals surface area contributed by atoms with Gasteiger partial charge in [-0.15, -0.1) is 0 Å². The number of rotatable bonds is 2. The van der Waals surface area contributed by atoms with Crippen molar-refractivity contribution in [2.75, 3.05) is 6.61 Å². The van der Waals surface area contributed by atoms with Crippen LogP contribution in [0, 0.1) is 13.8 Å². The molecule has 0 saturated heterocycles. The molecule has 0 aromatic carbocycles. The average molecular weight is 165 g/mol. The Morgan fingerprint density at radius 3 is 2.17 bits per heavy atom. The first-order valence-electron chi connectivity index (χ1n) is 4.46. The summed E-state index contributed by atoms with van der Waals surface area (Å²) in [5.74, 6) is 0. The van der Waals surface area contributed by atoms with Crippen LogP contribution in [0.5, 0.6) is 0 Å². The molecule has 1 fully saturated rings. The second-order valence-corrected chi connectivity index (χ2v) is 3.83. The minimum absolute atomic E-state index is 0.0671. The summed E-state index contributed by atoms with van der Waals surface area (Å²) in [6.45, 7) is 4.48. The van der Waals surface area contributed by atoms with Crippen LogP contribution >= 0.6 is 0 Å². The van der Waals surface area contributed by atoms with E-state index in [1.165, 1.54) is 11.4 Å². The quantitative estimate of drug-likeness (QED) is 0.707. The predicted octanol–water partition coefficient (Wildman–Crippen LogP) is 1.59. The molecule has 1 saturated carbocycles. The maximum atomic E-state index is 9.26. The first-order valence-corrected chi connectivity index (χ1v) is 4.46. The van der Waals surface area contributed by atoms with Crippen LogP contribution in [0.15, 0.2) is 12.1 Å². The van der Waals surface area contributed by atoms with Gasteiger partial charge in [-0.05, 0) is 38.8 Å². The molecule has 0 spiro atoms. The van der Waals surface area contributed by atoms with Crippen molar-refractivity contribution in [1.82, 2.24) is 4.57 Å². The molecule has 0 amide bonds. The van der Waals surface area contributed by atoms with E-state index in [1.54, 1.807) is 0 Å². The van der Waals surface area contributed by atoms with E-state index in [9.17, 15) is 5.11 Å². The summed E-state index contributed by atoms with van der Waals surface area (Å²) in [5, 5.41) is 9.26. The van der Waals surface area contributed by atoms with Crippen molar-refractivity contribution in [3.63, 3.8) is 0 Å². The largest absolute Gasteiger partial charge is 0.394 e. The Kier molecular flexibility index (Phi) is 1.55. The molecule has 1 heterocycles. The lowest BCUT2D eigenvalue weighted by Gasteiger charge is -2.19. The van der Waals surface area contributed by atoms with Crippen LogP contribution in [0.1, 0.15) is 24.2 Å². The van der Waals surface area contributed by atoms with Crippen LogP contribution in [-0.4, -0.2) is 16.3 Å². The van der Waals surface area contributed by atoms with Gasteiger partial charge in [0.25, 0.3) is 0 Å². The number of aliphatic hydroxyl groups excluding tert-OH is 1. The Hall–Kier alpha value is -0.760. The van der Waals surface area contributed by atoms with Crippen molar-refractivity contribution in [2.24, 2.45) is 0 Å². The molecule has 1 aliphatic carbocycles. The molecule has 2 nitrogen and oxygen atoms in total. The van der Waals surface area contributed by atoms with Crippen molar-refractivity contribution in [3.05, 3.63) is 23.5 Å². The summed E-state index contributed by atoms with van der Waals surface area (Å²) in [6.07, 6.45) is 2.25. The predicted molar refractivity (Wildman–Crippen MR) is 48.2 cm³/mol. The molecule has 0 bridgehead atoms. The van der Waals surface area contributed by atoms with E-state index in [0.29, 0.717) is 0 Å². The summed E-state index contributed by atoms with van der Waals surface area (Å²) in [5.41, 5.74) is 2.59. The van der Waals surface area contributed by atoms with Crippen LogP contribution in [0.2, 0.25) is 0 Å².